The quantitative estimate of drug-likeness (QED) is 0.481. The maximum atomic E-state index is 12.9. The summed E-state index contributed by atoms with van der Waals surface area (Å²) in [7, 11) is 0. The molecule has 3 rings (SSSR count). The Morgan fingerprint density at radius 2 is 2.12 bits per heavy atom. The zero-order valence-corrected chi connectivity index (χ0v) is 14.1. The summed E-state index contributed by atoms with van der Waals surface area (Å²) in [6.45, 7) is 5.69. The summed E-state index contributed by atoms with van der Waals surface area (Å²) >= 11 is 0. The van der Waals surface area contributed by atoms with Crippen LogP contribution in [-0.2, 0) is 14.9 Å². The molecule has 0 radical (unpaired) electrons. The van der Waals surface area contributed by atoms with Crippen LogP contribution in [0.5, 0.6) is 0 Å². The van der Waals surface area contributed by atoms with Gasteiger partial charge in [-0.3, -0.25) is 14.9 Å². The zero-order chi connectivity index (χ0) is 18.4. The predicted molar refractivity (Wildman–Crippen MR) is 91.4 cm³/mol. The van der Waals surface area contributed by atoms with Gasteiger partial charge in [0, 0.05) is 23.1 Å². The summed E-state index contributed by atoms with van der Waals surface area (Å²) in [6.07, 6.45) is 1.85. The van der Waals surface area contributed by atoms with Crippen LogP contribution in [-0.4, -0.2) is 17.5 Å². The van der Waals surface area contributed by atoms with Gasteiger partial charge < -0.3 is 9.15 Å². The average Bonchev–Trinajstić information content (AvgIpc) is 2.55. The number of hydrogen-bond acceptors (Lipinski definition) is 6. The molecule has 1 aromatic heterocycles. The normalized spacial score (nSPS) is 15.4. The number of nitro groups is 1. The van der Waals surface area contributed by atoms with Crippen molar-refractivity contribution in [2.24, 2.45) is 0 Å². The third-order valence-electron chi connectivity index (χ3n) is 4.22. The summed E-state index contributed by atoms with van der Waals surface area (Å²) in [5, 5.41) is 11.1. The van der Waals surface area contributed by atoms with Gasteiger partial charge in [-0.15, -0.1) is 0 Å². The van der Waals surface area contributed by atoms with Gasteiger partial charge in [0.15, 0.2) is 5.43 Å². The van der Waals surface area contributed by atoms with Crippen molar-refractivity contribution in [3.63, 3.8) is 0 Å². The number of rotatable bonds is 3. The van der Waals surface area contributed by atoms with E-state index in [2.05, 4.69) is 0 Å². The molecule has 0 bridgehead atoms. The van der Waals surface area contributed by atoms with Crippen molar-refractivity contribution >= 4 is 28.7 Å². The molecule has 0 saturated carbocycles. The zero-order valence-electron chi connectivity index (χ0n) is 14.1. The van der Waals surface area contributed by atoms with Crippen LogP contribution in [0, 0.1) is 10.1 Å². The fourth-order valence-electron chi connectivity index (χ4n) is 3.08. The molecule has 7 nitrogen and oxygen atoms in total. The molecular weight excluding hydrogens is 326 g/mol. The number of carbonyl (C=O) groups is 1. The lowest BCUT2D eigenvalue weighted by Gasteiger charge is -2.29. The average molecular weight is 343 g/mol. The minimum absolute atomic E-state index is 0.116. The van der Waals surface area contributed by atoms with E-state index in [1.807, 2.05) is 13.8 Å². The molecule has 1 aromatic carbocycles. The molecule has 2 aromatic rings. The van der Waals surface area contributed by atoms with Gasteiger partial charge >= 0.3 is 5.97 Å². The van der Waals surface area contributed by atoms with Crippen LogP contribution in [0.3, 0.4) is 0 Å². The van der Waals surface area contributed by atoms with Crippen molar-refractivity contribution < 1.29 is 18.9 Å². The second-order valence-electron chi connectivity index (χ2n) is 6.56. The molecule has 1 heterocycles. The molecule has 7 heteroatoms. The standard InChI is InChI=1S/C18H17NO6/c1-4-24-17(21)10-7-13-15(20)12-8-11(19(22)23)5-6-14(12)25-16(13)18(2,3)9-10/h5-8H,4,9H2,1-3H3. The summed E-state index contributed by atoms with van der Waals surface area (Å²) in [4.78, 5) is 35.4. The van der Waals surface area contributed by atoms with E-state index in [0.29, 0.717) is 17.8 Å². The molecule has 25 heavy (non-hydrogen) atoms. The van der Waals surface area contributed by atoms with Crippen LogP contribution < -0.4 is 5.43 Å². The monoisotopic (exact) mass is 343 g/mol. The van der Waals surface area contributed by atoms with E-state index < -0.39 is 21.7 Å². The fourth-order valence-corrected chi connectivity index (χ4v) is 3.08. The molecule has 130 valence electrons. The van der Waals surface area contributed by atoms with Crippen LogP contribution in [0.4, 0.5) is 5.69 Å². The number of ether oxygens (including phenoxy) is 1. The number of hydrogen-bond donors (Lipinski definition) is 0. The van der Waals surface area contributed by atoms with E-state index in [-0.39, 0.29) is 28.8 Å². The first-order chi connectivity index (χ1) is 11.7. The van der Waals surface area contributed by atoms with Crippen molar-refractivity contribution in [1.29, 1.82) is 0 Å². The van der Waals surface area contributed by atoms with Gasteiger partial charge in [0.1, 0.15) is 11.3 Å². The number of benzene rings is 1. The third kappa shape index (κ3) is 2.82. The van der Waals surface area contributed by atoms with Gasteiger partial charge in [-0.05, 0) is 25.5 Å². The number of esters is 1. The van der Waals surface area contributed by atoms with E-state index in [0.717, 1.165) is 0 Å². The minimum atomic E-state index is -0.582. The van der Waals surface area contributed by atoms with Crippen molar-refractivity contribution in [2.75, 3.05) is 6.61 Å². The highest BCUT2D eigenvalue weighted by molar-refractivity contribution is 5.96. The first-order valence-corrected chi connectivity index (χ1v) is 7.88. The Morgan fingerprint density at radius 1 is 1.40 bits per heavy atom. The lowest BCUT2D eigenvalue weighted by atomic mass is 9.76. The minimum Gasteiger partial charge on any atom is -0.463 e. The van der Waals surface area contributed by atoms with Gasteiger partial charge in [-0.1, -0.05) is 13.8 Å². The molecule has 0 aliphatic heterocycles. The largest absolute Gasteiger partial charge is 0.463 e. The number of carbonyl (C=O) groups excluding carboxylic acids is 1. The highest BCUT2D eigenvalue weighted by Gasteiger charge is 2.36. The van der Waals surface area contributed by atoms with Crippen LogP contribution in [0.15, 0.2) is 33.0 Å². The molecule has 0 spiro atoms. The van der Waals surface area contributed by atoms with E-state index in [1.165, 1.54) is 24.3 Å². The van der Waals surface area contributed by atoms with Crippen molar-refractivity contribution in [3.8, 4) is 0 Å². The highest BCUT2D eigenvalue weighted by Crippen LogP contribution is 2.39. The second kappa shape index (κ2) is 5.84. The smallest absolute Gasteiger partial charge is 0.334 e. The van der Waals surface area contributed by atoms with E-state index in [1.54, 1.807) is 6.92 Å². The predicted octanol–water partition coefficient (Wildman–Crippen LogP) is 3.33. The summed E-state index contributed by atoms with van der Waals surface area (Å²) in [6, 6.07) is 3.92. The SMILES string of the molecule is CCOC(=O)C1=Cc2c(oc3ccc([N+](=O)[O-])cc3c2=O)C(C)(C)C1. The van der Waals surface area contributed by atoms with Crippen LogP contribution in [0.25, 0.3) is 17.0 Å². The van der Waals surface area contributed by atoms with Crippen LogP contribution >= 0.6 is 0 Å². The van der Waals surface area contributed by atoms with Crippen LogP contribution in [0.2, 0.25) is 0 Å². The van der Waals surface area contributed by atoms with Gasteiger partial charge in [0.25, 0.3) is 5.69 Å². The van der Waals surface area contributed by atoms with Crippen molar-refractivity contribution in [3.05, 3.63) is 55.4 Å². The lowest BCUT2D eigenvalue weighted by molar-refractivity contribution is -0.384. The van der Waals surface area contributed by atoms with E-state index in [4.69, 9.17) is 9.15 Å². The Labute approximate surface area is 143 Å². The van der Waals surface area contributed by atoms with Gasteiger partial charge in [0.2, 0.25) is 0 Å². The molecule has 0 atom stereocenters. The van der Waals surface area contributed by atoms with Crippen molar-refractivity contribution in [2.45, 2.75) is 32.6 Å². The number of nitro benzene ring substituents is 1. The van der Waals surface area contributed by atoms with E-state index in [9.17, 15) is 19.7 Å². The van der Waals surface area contributed by atoms with E-state index >= 15 is 0 Å². The lowest BCUT2D eigenvalue weighted by Crippen LogP contribution is -2.29. The summed E-state index contributed by atoms with van der Waals surface area (Å²) < 4.78 is 10.9. The molecule has 0 unspecified atom stereocenters. The number of fused-ring (bicyclic) bond motifs is 2. The first kappa shape index (κ1) is 16.9. The Kier molecular flexibility index (Phi) is 3.94. The Morgan fingerprint density at radius 3 is 2.76 bits per heavy atom. The highest BCUT2D eigenvalue weighted by atomic mass is 16.6. The Hall–Kier alpha value is -2.96. The summed E-state index contributed by atoms with van der Waals surface area (Å²) in [5.41, 5.74) is -0.250. The molecular formula is C18H17NO6. The topological polar surface area (TPSA) is 99.7 Å². The summed E-state index contributed by atoms with van der Waals surface area (Å²) in [5.74, 6) is -0.00772. The Balaban J connectivity index is 2.29. The van der Waals surface area contributed by atoms with Crippen LogP contribution in [0.1, 0.15) is 38.5 Å². The van der Waals surface area contributed by atoms with Gasteiger partial charge in [0.05, 0.1) is 22.5 Å². The second-order valence-corrected chi connectivity index (χ2v) is 6.56. The third-order valence-corrected chi connectivity index (χ3v) is 4.22. The first-order valence-electron chi connectivity index (χ1n) is 7.88. The molecule has 0 fully saturated rings. The molecule has 1 aliphatic carbocycles. The Bertz CT molecular complexity index is 983. The van der Waals surface area contributed by atoms with Gasteiger partial charge in [-0.2, -0.15) is 0 Å². The maximum absolute atomic E-state index is 12.9. The number of nitrogens with zero attached hydrogens (tertiary/aromatic N) is 1. The van der Waals surface area contributed by atoms with Crippen molar-refractivity contribution in [1.82, 2.24) is 0 Å². The fraction of sp³-hybridized carbons (Fsp3) is 0.333. The molecule has 0 saturated heterocycles. The van der Waals surface area contributed by atoms with Gasteiger partial charge in [-0.25, -0.2) is 4.79 Å². The molecule has 1 aliphatic rings. The molecule has 0 N–H and O–H groups in total. The molecule has 0 amide bonds. The maximum Gasteiger partial charge on any atom is 0.334 e. The number of non-ortho nitro benzene ring substituents is 1.